The molecule has 0 heterocycles. The predicted octanol–water partition coefficient (Wildman–Crippen LogP) is 4.68. The van der Waals surface area contributed by atoms with Crippen molar-refractivity contribution in [1.29, 1.82) is 0 Å². The van der Waals surface area contributed by atoms with Crippen molar-refractivity contribution in [2.75, 3.05) is 13.7 Å². The fourth-order valence-corrected chi connectivity index (χ4v) is 4.29. The van der Waals surface area contributed by atoms with E-state index in [1.54, 1.807) is 7.11 Å². The molecule has 122 valence electrons. The van der Waals surface area contributed by atoms with Crippen LogP contribution in [-0.2, 0) is 11.3 Å². The lowest BCUT2D eigenvalue weighted by Gasteiger charge is -2.11. The van der Waals surface area contributed by atoms with Crippen LogP contribution in [-0.4, -0.2) is 19.6 Å². The van der Waals surface area contributed by atoms with Crippen LogP contribution in [0.5, 0.6) is 11.5 Å². The van der Waals surface area contributed by atoms with Gasteiger partial charge >= 0.3 is 0 Å². The Morgan fingerprint density at radius 3 is 2.26 bits per heavy atom. The van der Waals surface area contributed by atoms with Crippen molar-refractivity contribution in [3.05, 3.63) is 55.4 Å². The zero-order valence-electron chi connectivity index (χ0n) is 12.2. The quantitative estimate of drug-likeness (QED) is 0.617. The Morgan fingerprint density at radius 2 is 1.70 bits per heavy atom. The molecule has 0 saturated heterocycles. The number of ether oxygens (including phenoxy) is 2. The maximum atomic E-state index is 11.9. The van der Waals surface area contributed by atoms with Crippen LogP contribution in [0.25, 0.3) is 0 Å². The average molecular weight is 508 g/mol. The molecule has 0 unspecified atom stereocenters. The summed E-state index contributed by atoms with van der Waals surface area (Å²) in [6, 6.07) is 11.2. The van der Waals surface area contributed by atoms with Crippen molar-refractivity contribution in [3.63, 3.8) is 0 Å². The number of amides is 1. The van der Waals surface area contributed by atoms with Gasteiger partial charge in [-0.2, -0.15) is 0 Å². The van der Waals surface area contributed by atoms with Gasteiger partial charge in [0.1, 0.15) is 11.5 Å². The number of carbonyl (C=O) groups is 1. The SMILES string of the molecule is COc1ccc(CNC(=O)COc2c(Br)cc(Br)cc2Br)cc1. The third kappa shape index (κ3) is 5.51. The first-order chi connectivity index (χ1) is 11.0. The molecule has 23 heavy (non-hydrogen) atoms. The second-order valence-electron chi connectivity index (χ2n) is 4.61. The Labute approximate surface area is 159 Å². The zero-order valence-corrected chi connectivity index (χ0v) is 17.0. The standard InChI is InChI=1S/C16H14Br3NO3/c1-22-12-4-2-10(3-5-12)8-20-15(21)9-23-16-13(18)6-11(17)7-14(16)19/h2-7H,8-9H2,1H3,(H,20,21). The molecule has 0 radical (unpaired) electrons. The fourth-order valence-electron chi connectivity index (χ4n) is 1.80. The highest BCUT2D eigenvalue weighted by Gasteiger charge is 2.10. The first kappa shape index (κ1) is 18.3. The van der Waals surface area contributed by atoms with Crippen molar-refractivity contribution in [1.82, 2.24) is 5.32 Å². The lowest BCUT2D eigenvalue weighted by Crippen LogP contribution is -2.28. The van der Waals surface area contributed by atoms with Gasteiger partial charge in [0.05, 0.1) is 16.1 Å². The summed E-state index contributed by atoms with van der Waals surface area (Å²) in [4.78, 5) is 11.9. The molecule has 1 amide bonds. The molecule has 2 rings (SSSR count). The number of rotatable bonds is 6. The van der Waals surface area contributed by atoms with E-state index in [2.05, 4.69) is 53.1 Å². The molecule has 0 aromatic heterocycles. The number of carbonyl (C=O) groups excluding carboxylic acids is 1. The van der Waals surface area contributed by atoms with Gasteiger partial charge in [-0.25, -0.2) is 0 Å². The molecule has 2 aromatic carbocycles. The van der Waals surface area contributed by atoms with Crippen LogP contribution in [0.1, 0.15) is 5.56 Å². The molecule has 0 fully saturated rings. The summed E-state index contributed by atoms with van der Waals surface area (Å²) in [6.07, 6.45) is 0. The average Bonchev–Trinajstić information content (AvgIpc) is 2.52. The van der Waals surface area contributed by atoms with Crippen LogP contribution in [0, 0.1) is 0 Å². The number of hydrogen-bond donors (Lipinski definition) is 1. The van der Waals surface area contributed by atoms with E-state index in [9.17, 15) is 4.79 Å². The summed E-state index contributed by atoms with van der Waals surface area (Å²) >= 11 is 10.2. The van der Waals surface area contributed by atoms with E-state index in [0.717, 1.165) is 24.7 Å². The van der Waals surface area contributed by atoms with Gasteiger partial charge < -0.3 is 14.8 Å². The molecule has 0 aliphatic heterocycles. The van der Waals surface area contributed by atoms with Gasteiger partial charge in [0, 0.05) is 11.0 Å². The first-order valence-corrected chi connectivity index (χ1v) is 9.04. The van der Waals surface area contributed by atoms with E-state index < -0.39 is 0 Å². The van der Waals surface area contributed by atoms with Crippen molar-refractivity contribution in [2.24, 2.45) is 0 Å². The summed E-state index contributed by atoms with van der Waals surface area (Å²) in [6.45, 7) is 0.379. The third-order valence-corrected chi connectivity index (χ3v) is 4.60. The molecule has 0 bridgehead atoms. The number of nitrogens with one attached hydrogen (secondary N) is 1. The van der Waals surface area contributed by atoms with Gasteiger partial charge in [0.15, 0.2) is 6.61 Å². The van der Waals surface area contributed by atoms with Gasteiger partial charge in [-0.1, -0.05) is 28.1 Å². The molecule has 4 nitrogen and oxygen atoms in total. The predicted molar refractivity (Wildman–Crippen MR) is 99.9 cm³/mol. The molecule has 0 spiro atoms. The molecule has 7 heteroatoms. The van der Waals surface area contributed by atoms with E-state index in [0.29, 0.717) is 12.3 Å². The van der Waals surface area contributed by atoms with Crippen LogP contribution < -0.4 is 14.8 Å². The molecule has 0 aliphatic rings. The monoisotopic (exact) mass is 505 g/mol. The Hall–Kier alpha value is -1.05. The summed E-state index contributed by atoms with van der Waals surface area (Å²) in [5.74, 6) is 1.18. The van der Waals surface area contributed by atoms with Gasteiger partial charge in [0.2, 0.25) is 0 Å². The number of halogens is 3. The summed E-state index contributed by atoms with van der Waals surface area (Å²) in [7, 11) is 1.62. The highest BCUT2D eigenvalue weighted by Crippen LogP contribution is 2.36. The second-order valence-corrected chi connectivity index (χ2v) is 7.24. The molecule has 2 aromatic rings. The maximum Gasteiger partial charge on any atom is 0.258 e. The normalized spacial score (nSPS) is 10.3. The minimum absolute atomic E-state index is 0.0605. The minimum Gasteiger partial charge on any atom is -0.497 e. The summed E-state index contributed by atoms with van der Waals surface area (Å²) in [5, 5.41) is 2.81. The van der Waals surface area contributed by atoms with Crippen molar-refractivity contribution < 1.29 is 14.3 Å². The molecule has 0 atom stereocenters. The van der Waals surface area contributed by atoms with Crippen LogP contribution in [0.15, 0.2) is 49.8 Å². The first-order valence-electron chi connectivity index (χ1n) is 6.66. The van der Waals surface area contributed by atoms with E-state index in [4.69, 9.17) is 9.47 Å². The number of benzene rings is 2. The Bertz CT molecular complexity index is 666. The van der Waals surface area contributed by atoms with Crippen LogP contribution >= 0.6 is 47.8 Å². The van der Waals surface area contributed by atoms with E-state index in [-0.39, 0.29) is 12.5 Å². The van der Waals surface area contributed by atoms with Gasteiger partial charge in [-0.3, -0.25) is 4.79 Å². The van der Waals surface area contributed by atoms with Crippen LogP contribution in [0.2, 0.25) is 0 Å². The molecule has 0 saturated carbocycles. The summed E-state index contributed by atoms with van der Waals surface area (Å²) in [5.41, 5.74) is 0.991. The lowest BCUT2D eigenvalue weighted by atomic mass is 10.2. The van der Waals surface area contributed by atoms with Gasteiger partial charge in [-0.05, 0) is 61.7 Å². The molecule has 1 N–H and O–H groups in total. The summed E-state index contributed by atoms with van der Waals surface area (Å²) < 4.78 is 13.1. The molecular weight excluding hydrogens is 494 g/mol. The van der Waals surface area contributed by atoms with Crippen molar-refractivity contribution in [2.45, 2.75) is 6.54 Å². The third-order valence-electron chi connectivity index (χ3n) is 2.96. The topological polar surface area (TPSA) is 47.6 Å². The largest absolute Gasteiger partial charge is 0.497 e. The lowest BCUT2D eigenvalue weighted by molar-refractivity contribution is -0.123. The second kappa shape index (κ2) is 8.70. The van der Waals surface area contributed by atoms with Gasteiger partial charge in [0.25, 0.3) is 5.91 Å². The zero-order chi connectivity index (χ0) is 16.8. The number of methoxy groups -OCH3 is 1. The van der Waals surface area contributed by atoms with Crippen molar-refractivity contribution >= 4 is 53.7 Å². The van der Waals surface area contributed by atoms with Crippen LogP contribution in [0.4, 0.5) is 0 Å². The number of hydrogen-bond acceptors (Lipinski definition) is 3. The highest BCUT2D eigenvalue weighted by molar-refractivity contribution is 9.11. The van der Waals surface area contributed by atoms with E-state index in [1.165, 1.54) is 0 Å². The molecular formula is C16H14Br3NO3. The Morgan fingerprint density at radius 1 is 1.09 bits per heavy atom. The maximum absolute atomic E-state index is 11.9. The van der Waals surface area contributed by atoms with E-state index >= 15 is 0 Å². The Balaban J connectivity index is 1.85. The van der Waals surface area contributed by atoms with Gasteiger partial charge in [-0.15, -0.1) is 0 Å². The minimum atomic E-state index is -0.192. The fraction of sp³-hybridized carbons (Fsp3) is 0.188. The highest BCUT2D eigenvalue weighted by atomic mass is 79.9. The van der Waals surface area contributed by atoms with Crippen molar-refractivity contribution in [3.8, 4) is 11.5 Å². The smallest absolute Gasteiger partial charge is 0.258 e. The Kier molecular flexibility index (Phi) is 6.92. The van der Waals surface area contributed by atoms with Crippen LogP contribution in [0.3, 0.4) is 0 Å². The molecule has 0 aliphatic carbocycles. The van der Waals surface area contributed by atoms with E-state index in [1.807, 2.05) is 36.4 Å².